The van der Waals surface area contributed by atoms with E-state index in [0.29, 0.717) is 22.1 Å². The molecule has 1 fully saturated rings. The van der Waals surface area contributed by atoms with Gasteiger partial charge in [0.1, 0.15) is 5.75 Å². The number of carbonyl (C=O) groups excluding carboxylic acids is 3. The lowest BCUT2D eigenvalue weighted by atomic mass is 10.1. The third-order valence-corrected chi connectivity index (χ3v) is 5.13. The van der Waals surface area contributed by atoms with Crippen molar-refractivity contribution in [2.75, 3.05) is 30.5 Å². The second-order valence-electron chi connectivity index (χ2n) is 7.20. The number of rotatable bonds is 6. The Morgan fingerprint density at radius 2 is 1.97 bits per heavy atom. The Morgan fingerprint density at radius 1 is 1.20 bits per heavy atom. The van der Waals surface area contributed by atoms with Gasteiger partial charge in [0.05, 0.1) is 18.7 Å². The molecule has 2 aromatic carbocycles. The number of halogens is 1. The summed E-state index contributed by atoms with van der Waals surface area (Å²) < 4.78 is 10.4. The second-order valence-corrected chi connectivity index (χ2v) is 7.63. The number of amides is 2. The zero-order chi connectivity index (χ0) is 21.8. The van der Waals surface area contributed by atoms with Gasteiger partial charge in [-0.25, -0.2) is 0 Å². The van der Waals surface area contributed by atoms with Crippen LogP contribution in [0.3, 0.4) is 0 Å². The second kappa shape index (κ2) is 9.17. The molecule has 1 atom stereocenters. The number of nitrogens with zero attached hydrogens (tertiary/aromatic N) is 1. The Balaban J connectivity index is 1.58. The molecule has 0 bridgehead atoms. The number of hydrogen-bond donors (Lipinski definition) is 1. The Labute approximate surface area is 179 Å². The van der Waals surface area contributed by atoms with E-state index in [1.165, 1.54) is 12.0 Å². The normalized spacial score (nSPS) is 15.8. The molecule has 0 aliphatic carbocycles. The monoisotopic (exact) mass is 430 g/mol. The zero-order valence-corrected chi connectivity index (χ0v) is 17.8. The van der Waals surface area contributed by atoms with Crippen molar-refractivity contribution in [1.82, 2.24) is 0 Å². The number of anilines is 2. The van der Waals surface area contributed by atoms with Crippen molar-refractivity contribution in [3.63, 3.8) is 0 Å². The number of benzene rings is 2. The standard InChI is InChI=1S/C22H23ClN2O5/c1-13-4-6-17(14(2)8-13)24-20(26)12-30-22(28)15-9-21(27)25(11-15)18-10-16(23)5-7-19(18)29-3/h4-8,10,15H,9,11-12H2,1-3H3,(H,24,26)/t15-/m1/s1. The molecular weight excluding hydrogens is 408 g/mol. The van der Waals surface area contributed by atoms with Gasteiger partial charge in [-0.05, 0) is 43.7 Å². The largest absolute Gasteiger partial charge is 0.495 e. The summed E-state index contributed by atoms with van der Waals surface area (Å²) in [5, 5.41) is 3.17. The molecule has 1 aliphatic rings. The van der Waals surface area contributed by atoms with Gasteiger partial charge >= 0.3 is 5.97 Å². The van der Waals surface area contributed by atoms with E-state index in [4.69, 9.17) is 21.1 Å². The van der Waals surface area contributed by atoms with Crippen molar-refractivity contribution in [3.8, 4) is 5.75 Å². The number of ether oxygens (including phenoxy) is 2. The molecule has 0 radical (unpaired) electrons. The van der Waals surface area contributed by atoms with Crippen molar-refractivity contribution < 1.29 is 23.9 Å². The lowest BCUT2D eigenvalue weighted by molar-refractivity contribution is -0.151. The molecule has 2 amide bonds. The number of methoxy groups -OCH3 is 1. The van der Waals surface area contributed by atoms with Gasteiger partial charge in [-0.15, -0.1) is 0 Å². The smallest absolute Gasteiger partial charge is 0.311 e. The lowest BCUT2D eigenvalue weighted by Crippen LogP contribution is -2.28. The van der Waals surface area contributed by atoms with Crippen LogP contribution < -0.4 is 15.0 Å². The molecule has 3 rings (SSSR count). The lowest BCUT2D eigenvalue weighted by Gasteiger charge is -2.19. The topological polar surface area (TPSA) is 84.9 Å². The quantitative estimate of drug-likeness (QED) is 0.709. The molecule has 158 valence electrons. The summed E-state index contributed by atoms with van der Waals surface area (Å²) in [6, 6.07) is 10.6. The van der Waals surface area contributed by atoms with E-state index >= 15 is 0 Å². The van der Waals surface area contributed by atoms with Crippen LogP contribution in [-0.2, 0) is 19.1 Å². The predicted molar refractivity (Wildman–Crippen MR) is 114 cm³/mol. The summed E-state index contributed by atoms with van der Waals surface area (Å²) in [6.45, 7) is 3.56. The first-order valence-electron chi connectivity index (χ1n) is 9.46. The van der Waals surface area contributed by atoms with Gasteiger partial charge in [0, 0.05) is 23.7 Å². The summed E-state index contributed by atoms with van der Waals surface area (Å²) in [6.07, 6.45) is -0.00676. The Kier molecular flexibility index (Phi) is 6.62. The third-order valence-electron chi connectivity index (χ3n) is 4.89. The third kappa shape index (κ3) is 4.91. The molecule has 1 N–H and O–H groups in total. The van der Waals surface area contributed by atoms with Gasteiger partial charge in [-0.2, -0.15) is 0 Å². The van der Waals surface area contributed by atoms with E-state index in [9.17, 15) is 14.4 Å². The summed E-state index contributed by atoms with van der Waals surface area (Å²) in [5.74, 6) is -1.46. The van der Waals surface area contributed by atoms with Crippen molar-refractivity contribution in [2.45, 2.75) is 20.3 Å². The predicted octanol–water partition coefficient (Wildman–Crippen LogP) is 3.50. The molecule has 0 saturated carbocycles. The van der Waals surface area contributed by atoms with Gasteiger partial charge in [0.25, 0.3) is 5.91 Å². The van der Waals surface area contributed by atoms with Gasteiger partial charge < -0.3 is 19.7 Å². The van der Waals surface area contributed by atoms with Crippen molar-refractivity contribution in [3.05, 3.63) is 52.5 Å². The van der Waals surface area contributed by atoms with E-state index in [1.54, 1.807) is 24.3 Å². The maximum atomic E-state index is 12.5. The SMILES string of the molecule is COc1ccc(Cl)cc1N1C[C@H](C(=O)OCC(=O)Nc2ccc(C)cc2C)CC1=O. The molecule has 1 aliphatic heterocycles. The summed E-state index contributed by atoms with van der Waals surface area (Å²) >= 11 is 6.04. The number of aryl methyl sites for hydroxylation is 2. The van der Waals surface area contributed by atoms with Crippen molar-refractivity contribution in [1.29, 1.82) is 0 Å². The minimum atomic E-state index is -0.671. The van der Waals surface area contributed by atoms with E-state index in [2.05, 4.69) is 5.32 Å². The molecule has 0 unspecified atom stereocenters. The highest BCUT2D eigenvalue weighted by atomic mass is 35.5. The molecule has 0 aromatic heterocycles. The van der Waals surface area contributed by atoms with Crippen LogP contribution in [0.5, 0.6) is 5.75 Å². The fourth-order valence-electron chi connectivity index (χ4n) is 3.37. The van der Waals surface area contributed by atoms with Gasteiger partial charge in [-0.1, -0.05) is 29.3 Å². The summed E-state index contributed by atoms with van der Waals surface area (Å²) in [5.41, 5.74) is 3.17. The minimum absolute atomic E-state index is 0.00676. The minimum Gasteiger partial charge on any atom is -0.495 e. The number of carbonyl (C=O) groups is 3. The van der Waals surface area contributed by atoms with Crippen LogP contribution in [-0.4, -0.2) is 38.0 Å². The first kappa shape index (κ1) is 21.6. The maximum absolute atomic E-state index is 12.5. The Bertz CT molecular complexity index is 991. The highest BCUT2D eigenvalue weighted by molar-refractivity contribution is 6.31. The number of nitrogens with one attached hydrogen (secondary N) is 1. The van der Waals surface area contributed by atoms with Crippen molar-refractivity contribution >= 4 is 40.8 Å². The van der Waals surface area contributed by atoms with Crippen LogP contribution in [0.25, 0.3) is 0 Å². The number of hydrogen-bond acceptors (Lipinski definition) is 5. The summed E-state index contributed by atoms with van der Waals surface area (Å²) in [7, 11) is 1.49. The van der Waals surface area contributed by atoms with Gasteiger partial charge in [0.15, 0.2) is 6.61 Å². The van der Waals surface area contributed by atoms with Gasteiger partial charge in [0.2, 0.25) is 5.91 Å². The molecule has 0 spiro atoms. The fraction of sp³-hybridized carbons (Fsp3) is 0.318. The zero-order valence-electron chi connectivity index (χ0n) is 17.0. The molecular formula is C22H23ClN2O5. The highest BCUT2D eigenvalue weighted by Crippen LogP contribution is 2.35. The van der Waals surface area contributed by atoms with E-state index in [0.717, 1.165) is 11.1 Å². The van der Waals surface area contributed by atoms with Crippen LogP contribution >= 0.6 is 11.6 Å². The summed E-state index contributed by atoms with van der Waals surface area (Å²) in [4.78, 5) is 38.5. The molecule has 2 aromatic rings. The highest BCUT2D eigenvalue weighted by Gasteiger charge is 2.37. The van der Waals surface area contributed by atoms with Crippen LogP contribution in [0, 0.1) is 19.8 Å². The Hall–Kier alpha value is -3.06. The average Bonchev–Trinajstić information content (AvgIpc) is 3.10. The van der Waals surface area contributed by atoms with Crippen LogP contribution in [0.15, 0.2) is 36.4 Å². The van der Waals surface area contributed by atoms with Gasteiger partial charge in [-0.3, -0.25) is 14.4 Å². The van der Waals surface area contributed by atoms with Crippen molar-refractivity contribution in [2.24, 2.45) is 5.92 Å². The molecule has 7 nitrogen and oxygen atoms in total. The first-order valence-corrected chi connectivity index (χ1v) is 9.84. The van der Waals surface area contributed by atoms with Crippen LogP contribution in [0.4, 0.5) is 11.4 Å². The van der Waals surface area contributed by atoms with Crippen LogP contribution in [0.2, 0.25) is 5.02 Å². The van der Waals surface area contributed by atoms with E-state index in [1.807, 2.05) is 26.0 Å². The van der Waals surface area contributed by atoms with Crippen LogP contribution in [0.1, 0.15) is 17.5 Å². The molecule has 1 heterocycles. The average molecular weight is 431 g/mol. The Morgan fingerprint density at radius 3 is 2.67 bits per heavy atom. The maximum Gasteiger partial charge on any atom is 0.311 e. The van der Waals surface area contributed by atoms with E-state index in [-0.39, 0.29) is 18.9 Å². The number of esters is 1. The fourth-order valence-corrected chi connectivity index (χ4v) is 3.53. The molecule has 8 heteroatoms. The van der Waals surface area contributed by atoms with E-state index < -0.39 is 24.4 Å². The first-order chi connectivity index (χ1) is 14.3. The molecule has 30 heavy (non-hydrogen) atoms. The molecule has 1 saturated heterocycles.